The molecule has 2 aliphatic heterocycles. The topological polar surface area (TPSA) is 76.0 Å². The SMILES string of the molecule is CC[C@@]1(C(=O)OC)N=C[C@@H]2C(=O)N(c3ccccc3)C(=O)[C@@H]21. The first kappa shape index (κ1) is 14.4. The number of para-hydroxylation sites is 1. The highest BCUT2D eigenvalue weighted by atomic mass is 16.5. The van der Waals surface area contributed by atoms with E-state index < -0.39 is 29.3 Å². The lowest BCUT2D eigenvalue weighted by Gasteiger charge is -2.27. The zero-order chi connectivity index (χ0) is 15.9. The highest BCUT2D eigenvalue weighted by Crippen LogP contribution is 2.44. The van der Waals surface area contributed by atoms with Crippen molar-refractivity contribution in [2.45, 2.75) is 18.9 Å². The van der Waals surface area contributed by atoms with Gasteiger partial charge >= 0.3 is 5.97 Å². The molecule has 1 saturated heterocycles. The number of esters is 1. The van der Waals surface area contributed by atoms with Gasteiger partial charge in [-0.25, -0.2) is 9.69 Å². The monoisotopic (exact) mass is 300 g/mol. The molecular weight excluding hydrogens is 284 g/mol. The van der Waals surface area contributed by atoms with Crippen LogP contribution in [0.4, 0.5) is 5.69 Å². The minimum atomic E-state index is -1.30. The zero-order valence-corrected chi connectivity index (χ0v) is 12.4. The predicted molar refractivity (Wildman–Crippen MR) is 79.4 cm³/mol. The molecule has 3 atom stereocenters. The first-order chi connectivity index (χ1) is 10.6. The standard InChI is InChI=1S/C16H16N2O4/c1-3-16(15(21)22-2)12-11(9-17-16)13(19)18(14(12)20)10-7-5-4-6-8-10/h4-9,11-12H,3H2,1-2H3/t11-,12+,16+/m0/s1. The first-order valence-corrected chi connectivity index (χ1v) is 7.13. The number of fused-ring (bicyclic) bond motifs is 1. The fourth-order valence-corrected chi connectivity index (χ4v) is 3.28. The van der Waals surface area contributed by atoms with E-state index in [1.165, 1.54) is 13.3 Å². The van der Waals surface area contributed by atoms with Gasteiger partial charge in [0.05, 0.1) is 24.6 Å². The molecule has 0 aliphatic carbocycles. The first-order valence-electron chi connectivity index (χ1n) is 7.13. The van der Waals surface area contributed by atoms with Crippen LogP contribution in [0.25, 0.3) is 0 Å². The second-order valence-corrected chi connectivity index (χ2v) is 5.40. The molecule has 0 spiro atoms. The molecule has 6 nitrogen and oxygen atoms in total. The van der Waals surface area contributed by atoms with Crippen LogP contribution >= 0.6 is 0 Å². The van der Waals surface area contributed by atoms with Gasteiger partial charge in [-0.05, 0) is 18.6 Å². The molecule has 2 aliphatic rings. The van der Waals surface area contributed by atoms with Crippen molar-refractivity contribution in [2.24, 2.45) is 16.8 Å². The van der Waals surface area contributed by atoms with Crippen LogP contribution in [0.5, 0.6) is 0 Å². The van der Waals surface area contributed by atoms with Crippen LogP contribution < -0.4 is 4.90 Å². The number of anilines is 1. The highest BCUT2D eigenvalue weighted by Gasteiger charge is 2.63. The average Bonchev–Trinajstić information content (AvgIpc) is 3.06. The summed E-state index contributed by atoms with van der Waals surface area (Å²) in [7, 11) is 1.26. The van der Waals surface area contributed by atoms with Crippen molar-refractivity contribution >= 4 is 29.7 Å². The van der Waals surface area contributed by atoms with Gasteiger partial charge in [0.1, 0.15) is 0 Å². The van der Waals surface area contributed by atoms with Crippen LogP contribution in [0.1, 0.15) is 13.3 Å². The van der Waals surface area contributed by atoms with Crippen LogP contribution in [-0.4, -0.2) is 36.6 Å². The number of rotatable bonds is 3. The van der Waals surface area contributed by atoms with Crippen molar-refractivity contribution < 1.29 is 19.1 Å². The Morgan fingerprint density at radius 2 is 1.95 bits per heavy atom. The van der Waals surface area contributed by atoms with Gasteiger partial charge in [-0.2, -0.15) is 0 Å². The van der Waals surface area contributed by atoms with Crippen LogP contribution in [0.2, 0.25) is 0 Å². The highest BCUT2D eigenvalue weighted by molar-refractivity contribution is 6.28. The number of carbonyl (C=O) groups excluding carboxylic acids is 3. The van der Waals surface area contributed by atoms with Crippen molar-refractivity contribution in [1.82, 2.24) is 0 Å². The van der Waals surface area contributed by atoms with E-state index in [2.05, 4.69) is 4.99 Å². The van der Waals surface area contributed by atoms with Gasteiger partial charge in [0.2, 0.25) is 11.8 Å². The van der Waals surface area contributed by atoms with Crippen molar-refractivity contribution in [3.05, 3.63) is 30.3 Å². The van der Waals surface area contributed by atoms with Crippen LogP contribution in [0, 0.1) is 11.8 Å². The van der Waals surface area contributed by atoms with Gasteiger partial charge in [-0.3, -0.25) is 14.6 Å². The molecule has 6 heteroatoms. The Morgan fingerprint density at radius 1 is 1.27 bits per heavy atom. The Labute approximate surface area is 127 Å². The van der Waals surface area contributed by atoms with Gasteiger partial charge in [0.25, 0.3) is 0 Å². The predicted octanol–water partition coefficient (Wildman–Crippen LogP) is 1.20. The lowest BCUT2D eigenvalue weighted by molar-refractivity contribution is -0.151. The summed E-state index contributed by atoms with van der Waals surface area (Å²) >= 11 is 0. The summed E-state index contributed by atoms with van der Waals surface area (Å²) in [5.74, 6) is -2.84. The number of hydrogen-bond donors (Lipinski definition) is 0. The van der Waals surface area contributed by atoms with Gasteiger partial charge in [0, 0.05) is 6.21 Å². The molecule has 0 saturated carbocycles. The average molecular weight is 300 g/mol. The quantitative estimate of drug-likeness (QED) is 0.621. The van der Waals surface area contributed by atoms with Crippen molar-refractivity contribution in [1.29, 1.82) is 0 Å². The minimum absolute atomic E-state index is 0.305. The molecule has 3 rings (SSSR count). The lowest BCUT2D eigenvalue weighted by atomic mass is 9.79. The van der Waals surface area contributed by atoms with Crippen molar-refractivity contribution in [2.75, 3.05) is 12.0 Å². The zero-order valence-electron chi connectivity index (χ0n) is 12.4. The van der Waals surface area contributed by atoms with Gasteiger partial charge in [-0.1, -0.05) is 25.1 Å². The Hall–Kier alpha value is -2.50. The fraction of sp³-hybridized carbons (Fsp3) is 0.375. The summed E-state index contributed by atoms with van der Waals surface area (Å²) in [4.78, 5) is 42.9. The fourth-order valence-electron chi connectivity index (χ4n) is 3.28. The van der Waals surface area contributed by atoms with Crippen molar-refractivity contribution in [3.8, 4) is 0 Å². The molecular formula is C16H16N2O4. The van der Waals surface area contributed by atoms with E-state index in [-0.39, 0.29) is 5.91 Å². The van der Waals surface area contributed by atoms with E-state index in [1.54, 1.807) is 31.2 Å². The molecule has 2 heterocycles. The molecule has 114 valence electrons. The third-order valence-corrected chi connectivity index (χ3v) is 4.42. The lowest BCUT2D eigenvalue weighted by Crippen LogP contribution is -2.47. The van der Waals surface area contributed by atoms with Gasteiger partial charge in [0.15, 0.2) is 5.54 Å². The number of benzene rings is 1. The summed E-state index contributed by atoms with van der Waals surface area (Å²) in [5.41, 5.74) is -0.787. The molecule has 0 N–H and O–H groups in total. The summed E-state index contributed by atoms with van der Waals surface area (Å²) < 4.78 is 4.83. The van der Waals surface area contributed by atoms with E-state index in [0.717, 1.165) is 4.90 Å². The van der Waals surface area contributed by atoms with E-state index >= 15 is 0 Å². The van der Waals surface area contributed by atoms with E-state index in [9.17, 15) is 14.4 Å². The summed E-state index contributed by atoms with van der Waals surface area (Å²) in [6, 6.07) is 8.71. The molecule has 0 unspecified atom stereocenters. The number of nitrogens with zero attached hydrogens (tertiary/aromatic N) is 2. The second-order valence-electron chi connectivity index (χ2n) is 5.40. The Morgan fingerprint density at radius 3 is 2.55 bits per heavy atom. The number of imide groups is 1. The third-order valence-electron chi connectivity index (χ3n) is 4.42. The largest absolute Gasteiger partial charge is 0.467 e. The Kier molecular flexibility index (Phi) is 3.31. The maximum atomic E-state index is 12.8. The van der Waals surface area contributed by atoms with E-state index in [0.29, 0.717) is 12.1 Å². The molecule has 0 bridgehead atoms. The molecule has 1 fully saturated rings. The third kappa shape index (κ3) is 1.73. The Bertz CT molecular complexity index is 670. The summed E-state index contributed by atoms with van der Waals surface area (Å²) in [6.07, 6.45) is 1.73. The second kappa shape index (κ2) is 5.05. The molecule has 1 aromatic carbocycles. The number of carbonyl (C=O) groups is 3. The van der Waals surface area contributed by atoms with E-state index in [1.807, 2.05) is 6.07 Å². The number of aliphatic imine (C=N–C) groups is 1. The summed E-state index contributed by atoms with van der Waals surface area (Å²) in [5, 5.41) is 0. The molecule has 22 heavy (non-hydrogen) atoms. The maximum absolute atomic E-state index is 12.8. The van der Waals surface area contributed by atoms with Crippen LogP contribution in [0.15, 0.2) is 35.3 Å². The summed E-state index contributed by atoms with van der Waals surface area (Å²) in [6.45, 7) is 1.76. The normalized spacial score (nSPS) is 29.8. The van der Waals surface area contributed by atoms with Gasteiger partial charge < -0.3 is 4.74 Å². The van der Waals surface area contributed by atoms with Crippen LogP contribution in [-0.2, 0) is 19.1 Å². The van der Waals surface area contributed by atoms with Crippen molar-refractivity contribution in [3.63, 3.8) is 0 Å². The number of methoxy groups -OCH3 is 1. The van der Waals surface area contributed by atoms with Gasteiger partial charge in [-0.15, -0.1) is 0 Å². The maximum Gasteiger partial charge on any atom is 0.334 e. The molecule has 2 amide bonds. The van der Waals surface area contributed by atoms with E-state index in [4.69, 9.17) is 4.74 Å². The van der Waals surface area contributed by atoms with Crippen LogP contribution in [0.3, 0.4) is 0 Å². The number of hydrogen-bond acceptors (Lipinski definition) is 5. The smallest absolute Gasteiger partial charge is 0.334 e. The number of amides is 2. The molecule has 0 radical (unpaired) electrons. The Balaban J connectivity index is 2.05. The molecule has 0 aromatic heterocycles. The minimum Gasteiger partial charge on any atom is -0.467 e. The number of ether oxygens (including phenoxy) is 1. The molecule has 1 aromatic rings.